The lowest BCUT2D eigenvalue weighted by atomic mass is 9.72. The van der Waals surface area contributed by atoms with Crippen LogP contribution in [-0.2, 0) is 14.8 Å². The fraction of sp³-hybridized carbons (Fsp3) is 0.577. The SMILES string of the molecule is C=C(/C(=C\C)C(=O)NS(=O)(=O)C1=CC=CC(C)(C(C)C)C=C1)N1CCC(C)(C(C)C)CC1. The molecule has 0 radical (unpaired) electrons. The molecule has 0 bridgehead atoms. The molecule has 1 fully saturated rings. The van der Waals surface area contributed by atoms with Gasteiger partial charge in [-0.05, 0) is 49.2 Å². The molecule has 1 N–H and O–H groups in total. The van der Waals surface area contributed by atoms with Gasteiger partial charge in [-0.15, -0.1) is 0 Å². The van der Waals surface area contributed by atoms with E-state index in [1.807, 2.05) is 12.2 Å². The third-order valence-electron chi connectivity index (χ3n) is 7.63. The molecule has 2 rings (SSSR count). The molecule has 178 valence electrons. The summed E-state index contributed by atoms with van der Waals surface area (Å²) in [6.45, 7) is 20.5. The van der Waals surface area contributed by atoms with E-state index in [1.165, 1.54) is 6.08 Å². The molecule has 0 aromatic heterocycles. The summed E-state index contributed by atoms with van der Waals surface area (Å²) in [6.07, 6.45) is 12.4. The minimum absolute atomic E-state index is 0.0678. The highest BCUT2D eigenvalue weighted by Gasteiger charge is 2.34. The molecule has 32 heavy (non-hydrogen) atoms. The van der Waals surface area contributed by atoms with Crippen LogP contribution >= 0.6 is 0 Å². The Balaban J connectivity index is 2.12. The minimum atomic E-state index is -4.01. The van der Waals surface area contributed by atoms with E-state index in [0.29, 0.717) is 23.1 Å². The van der Waals surface area contributed by atoms with Crippen LogP contribution in [0.3, 0.4) is 0 Å². The Hall–Kier alpha value is -2.08. The van der Waals surface area contributed by atoms with Crippen LogP contribution in [-0.4, -0.2) is 32.3 Å². The van der Waals surface area contributed by atoms with E-state index in [1.54, 1.807) is 25.2 Å². The quantitative estimate of drug-likeness (QED) is 0.412. The molecule has 1 atom stereocenters. The number of likely N-dealkylation sites (tertiary alicyclic amines) is 1. The molecule has 6 heteroatoms. The van der Waals surface area contributed by atoms with E-state index in [4.69, 9.17) is 0 Å². The number of carbonyl (C=O) groups is 1. The normalized spacial score (nSPS) is 23.8. The summed E-state index contributed by atoms with van der Waals surface area (Å²) in [5.41, 5.74) is 0.889. The maximum atomic E-state index is 13.0. The summed E-state index contributed by atoms with van der Waals surface area (Å²) >= 11 is 0. The predicted octanol–water partition coefficient (Wildman–Crippen LogP) is 5.32. The van der Waals surface area contributed by atoms with Crippen LogP contribution in [0.25, 0.3) is 0 Å². The lowest BCUT2D eigenvalue weighted by Gasteiger charge is -2.43. The first-order valence-electron chi connectivity index (χ1n) is 11.5. The second-order valence-electron chi connectivity index (χ2n) is 10.2. The van der Waals surface area contributed by atoms with Crippen molar-refractivity contribution in [3.8, 4) is 0 Å². The van der Waals surface area contributed by atoms with Crippen molar-refractivity contribution in [2.75, 3.05) is 13.1 Å². The van der Waals surface area contributed by atoms with Crippen LogP contribution in [0, 0.1) is 22.7 Å². The number of nitrogens with one attached hydrogen (secondary N) is 1. The van der Waals surface area contributed by atoms with Gasteiger partial charge in [-0.1, -0.05) is 72.4 Å². The van der Waals surface area contributed by atoms with Gasteiger partial charge in [-0.3, -0.25) is 4.79 Å². The fourth-order valence-corrected chi connectivity index (χ4v) is 4.96. The average Bonchev–Trinajstić information content (AvgIpc) is 2.92. The summed E-state index contributed by atoms with van der Waals surface area (Å²) in [5.74, 6) is 0.240. The number of hydrogen-bond donors (Lipinski definition) is 1. The van der Waals surface area contributed by atoms with Crippen molar-refractivity contribution in [2.24, 2.45) is 22.7 Å². The molecule has 5 nitrogen and oxygen atoms in total. The molecule has 0 aromatic rings. The Bertz CT molecular complexity index is 959. The molecule has 1 saturated heterocycles. The standard InChI is InChI=1S/C26H40N2O3S/c1-9-23(21(6)28-17-15-26(8,16-18-28)20(4)5)24(29)27-32(30,31)22-11-10-13-25(7,14-12-22)19(2)3/h9-14,19-20H,6,15-18H2,1-5,7-8H3,(H,27,29)/b23-9+. The first kappa shape index (κ1) is 26.2. The summed E-state index contributed by atoms with van der Waals surface area (Å²) < 4.78 is 28.1. The number of hydrogen-bond acceptors (Lipinski definition) is 4. The van der Waals surface area contributed by atoms with Crippen molar-refractivity contribution in [2.45, 2.75) is 61.3 Å². The number of nitrogens with zero attached hydrogens (tertiary/aromatic N) is 1. The van der Waals surface area contributed by atoms with Crippen molar-refractivity contribution in [1.82, 2.24) is 9.62 Å². The molecule has 1 aliphatic carbocycles. The largest absolute Gasteiger partial charge is 0.371 e. The van der Waals surface area contributed by atoms with Crippen molar-refractivity contribution >= 4 is 15.9 Å². The lowest BCUT2D eigenvalue weighted by Crippen LogP contribution is -2.42. The first-order valence-corrected chi connectivity index (χ1v) is 13.0. The number of allylic oxidation sites excluding steroid dienone is 6. The highest BCUT2D eigenvalue weighted by atomic mass is 32.2. The van der Waals surface area contributed by atoms with Crippen molar-refractivity contribution in [3.63, 3.8) is 0 Å². The van der Waals surface area contributed by atoms with Gasteiger partial charge >= 0.3 is 0 Å². The maximum Gasteiger partial charge on any atom is 0.266 e. The maximum absolute atomic E-state index is 13.0. The first-order chi connectivity index (χ1) is 14.8. The Labute approximate surface area is 195 Å². The highest BCUT2D eigenvalue weighted by molar-refractivity contribution is 7.94. The summed E-state index contributed by atoms with van der Waals surface area (Å²) in [7, 11) is -4.01. The van der Waals surface area contributed by atoms with Crippen molar-refractivity contribution in [1.29, 1.82) is 0 Å². The van der Waals surface area contributed by atoms with Crippen LogP contribution in [0.4, 0.5) is 0 Å². The number of carbonyl (C=O) groups excluding carboxylic acids is 1. The van der Waals surface area contributed by atoms with Gasteiger partial charge in [-0.2, -0.15) is 0 Å². The van der Waals surface area contributed by atoms with Gasteiger partial charge in [0.25, 0.3) is 15.9 Å². The van der Waals surface area contributed by atoms with Gasteiger partial charge in [0.2, 0.25) is 0 Å². The van der Waals surface area contributed by atoms with Crippen molar-refractivity contribution < 1.29 is 13.2 Å². The lowest BCUT2D eigenvalue weighted by molar-refractivity contribution is -0.115. The van der Waals surface area contributed by atoms with Gasteiger partial charge < -0.3 is 4.90 Å². The summed E-state index contributed by atoms with van der Waals surface area (Å²) in [6, 6.07) is 0. The highest BCUT2D eigenvalue weighted by Crippen LogP contribution is 2.39. The molecule has 0 saturated carbocycles. The number of amides is 1. The zero-order valence-corrected chi connectivity index (χ0v) is 21.6. The van der Waals surface area contributed by atoms with Crippen LogP contribution in [0.1, 0.15) is 61.3 Å². The van der Waals surface area contributed by atoms with Crippen LogP contribution in [0.2, 0.25) is 0 Å². The average molecular weight is 461 g/mol. The van der Waals surface area contributed by atoms with E-state index in [0.717, 1.165) is 25.9 Å². The number of rotatable bonds is 7. The number of sulfonamides is 1. The van der Waals surface area contributed by atoms with E-state index < -0.39 is 15.9 Å². The van der Waals surface area contributed by atoms with Gasteiger partial charge in [0.15, 0.2) is 0 Å². The molecular weight excluding hydrogens is 420 g/mol. The molecule has 1 amide bonds. The van der Waals surface area contributed by atoms with Gasteiger partial charge in [0.1, 0.15) is 0 Å². The monoisotopic (exact) mass is 460 g/mol. The van der Waals surface area contributed by atoms with Crippen molar-refractivity contribution in [3.05, 3.63) is 59.2 Å². The molecule has 1 unspecified atom stereocenters. The molecule has 1 aliphatic heterocycles. The summed E-state index contributed by atoms with van der Waals surface area (Å²) in [5, 5.41) is 0. The van der Waals surface area contributed by atoms with E-state index in [9.17, 15) is 13.2 Å². The van der Waals surface area contributed by atoms with E-state index in [-0.39, 0.29) is 15.7 Å². The van der Waals surface area contributed by atoms with Crippen LogP contribution < -0.4 is 4.72 Å². The third-order valence-corrected chi connectivity index (χ3v) is 8.98. The van der Waals surface area contributed by atoms with Gasteiger partial charge in [-0.25, -0.2) is 13.1 Å². The van der Waals surface area contributed by atoms with Gasteiger partial charge in [0.05, 0.1) is 10.5 Å². The second-order valence-corrected chi connectivity index (χ2v) is 11.8. The number of piperidine rings is 1. The third kappa shape index (κ3) is 5.64. The molecule has 0 aromatic carbocycles. The van der Waals surface area contributed by atoms with Crippen LogP contribution in [0.5, 0.6) is 0 Å². The molecule has 1 heterocycles. The molecule has 0 spiro atoms. The zero-order valence-electron chi connectivity index (χ0n) is 20.7. The summed E-state index contributed by atoms with van der Waals surface area (Å²) in [4.78, 5) is 15.1. The van der Waals surface area contributed by atoms with Gasteiger partial charge in [0, 0.05) is 24.2 Å². The smallest absolute Gasteiger partial charge is 0.266 e. The Kier molecular flexibility index (Phi) is 8.03. The molecular formula is C26H40N2O3S. The Morgan fingerprint density at radius 2 is 1.72 bits per heavy atom. The molecule has 2 aliphatic rings. The Morgan fingerprint density at radius 1 is 1.12 bits per heavy atom. The fourth-order valence-electron chi connectivity index (χ4n) is 3.99. The zero-order chi connectivity index (χ0) is 24.3. The van der Waals surface area contributed by atoms with Crippen LogP contribution in [0.15, 0.2) is 59.2 Å². The van der Waals surface area contributed by atoms with E-state index >= 15 is 0 Å². The second kappa shape index (κ2) is 9.82. The minimum Gasteiger partial charge on any atom is -0.371 e. The predicted molar refractivity (Wildman–Crippen MR) is 133 cm³/mol. The topological polar surface area (TPSA) is 66.5 Å². The van der Waals surface area contributed by atoms with E-state index in [2.05, 4.69) is 57.7 Å². The Morgan fingerprint density at radius 3 is 2.22 bits per heavy atom.